The van der Waals surface area contributed by atoms with Gasteiger partial charge in [-0.15, -0.1) is 0 Å². The van der Waals surface area contributed by atoms with Crippen molar-refractivity contribution < 1.29 is 0 Å². The highest BCUT2D eigenvalue weighted by Gasteiger charge is 2.17. The molecule has 4 heterocycles. The number of hydrogen-bond acceptors (Lipinski definition) is 5. The molecule has 4 rings (SSSR count). The first-order valence-corrected chi connectivity index (χ1v) is 10.2. The molecule has 1 aliphatic heterocycles. The van der Waals surface area contributed by atoms with Gasteiger partial charge >= 0.3 is 0 Å². The highest BCUT2D eigenvalue weighted by atomic mass is 15.1. The topological polar surface area (TPSA) is 69.7 Å². The van der Waals surface area contributed by atoms with Gasteiger partial charge in [-0.25, -0.2) is 0 Å². The van der Waals surface area contributed by atoms with E-state index < -0.39 is 0 Å². The molecule has 6 nitrogen and oxygen atoms in total. The molecule has 3 aromatic rings. The summed E-state index contributed by atoms with van der Waals surface area (Å²) in [7, 11) is 2.19. The second kappa shape index (κ2) is 9.38. The van der Waals surface area contributed by atoms with Crippen LogP contribution in [0.4, 0.5) is 5.69 Å². The van der Waals surface area contributed by atoms with Crippen molar-refractivity contribution in [1.82, 2.24) is 25.1 Å². The maximum Gasteiger partial charge on any atom is 0.123 e. The van der Waals surface area contributed by atoms with Gasteiger partial charge < -0.3 is 10.2 Å². The van der Waals surface area contributed by atoms with Crippen LogP contribution in [0.3, 0.4) is 0 Å². The number of aromatic amines is 1. The van der Waals surface area contributed by atoms with Gasteiger partial charge in [0.2, 0.25) is 0 Å². The lowest BCUT2D eigenvalue weighted by Gasteiger charge is -2.28. The van der Waals surface area contributed by atoms with Gasteiger partial charge in [0.15, 0.2) is 0 Å². The lowest BCUT2D eigenvalue weighted by molar-refractivity contribution is 0.218. The standard InChI is InChI=1S/C24H26N6/c1-18(24-21(16-27-29-24)6-5-20-4-3-11-25-15-20)28-23-8-7-22(26-17-23)14-19-9-12-30(2)13-10-19/h3-4,7-8,11,15-17,19,28H,1,9-10,12-14H2,2H3,(H,27,29). The smallest absolute Gasteiger partial charge is 0.123 e. The number of hydrogen-bond donors (Lipinski definition) is 2. The first kappa shape index (κ1) is 19.9. The molecule has 152 valence electrons. The molecule has 0 spiro atoms. The Morgan fingerprint density at radius 3 is 2.83 bits per heavy atom. The summed E-state index contributed by atoms with van der Waals surface area (Å²) in [4.78, 5) is 11.1. The number of likely N-dealkylation sites (tertiary alicyclic amines) is 1. The minimum atomic E-state index is 0.677. The van der Waals surface area contributed by atoms with Gasteiger partial charge in [0.1, 0.15) is 5.69 Å². The lowest BCUT2D eigenvalue weighted by Crippen LogP contribution is -2.31. The number of pyridine rings is 2. The lowest BCUT2D eigenvalue weighted by atomic mass is 9.92. The van der Waals surface area contributed by atoms with Gasteiger partial charge in [0, 0.05) is 29.8 Å². The maximum atomic E-state index is 4.64. The average molecular weight is 399 g/mol. The van der Waals surface area contributed by atoms with Gasteiger partial charge in [-0.3, -0.25) is 15.1 Å². The largest absolute Gasteiger partial charge is 0.353 e. The summed E-state index contributed by atoms with van der Waals surface area (Å²) in [6.45, 7) is 6.49. The summed E-state index contributed by atoms with van der Waals surface area (Å²) in [5, 5.41) is 10.5. The minimum Gasteiger partial charge on any atom is -0.353 e. The molecule has 0 saturated carbocycles. The van der Waals surface area contributed by atoms with Crippen molar-refractivity contribution >= 4 is 11.4 Å². The molecule has 0 amide bonds. The zero-order chi connectivity index (χ0) is 20.8. The van der Waals surface area contributed by atoms with Gasteiger partial charge in [-0.2, -0.15) is 5.10 Å². The predicted octanol–water partition coefficient (Wildman–Crippen LogP) is 3.57. The van der Waals surface area contributed by atoms with E-state index in [1.165, 1.54) is 25.9 Å². The molecule has 30 heavy (non-hydrogen) atoms. The summed E-state index contributed by atoms with van der Waals surface area (Å²) in [6, 6.07) is 7.94. The molecule has 0 bridgehead atoms. The van der Waals surface area contributed by atoms with Crippen molar-refractivity contribution in [2.24, 2.45) is 5.92 Å². The van der Waals surface area contributed by atoms with E-state index in [0.29, 0.717) is 11.4 Å². The fraction of sp³-hybridized carbons (Fsp3) is 0.292. The van der Waals surface area contributed by atoms with Crippen molar-refractivity contribution in [2.75, 3.05) is 25.5 Å². The zero-order valence-electron chi connectivity index (χ0n) is 17.2. The Morgan fingerprint density at radius 2 is 2.10 bits per heavy atom. The van der Waals surface area contributed by atoms with Gasteiger partial charge in [0.05, 0.1) is 23.1 Å². The number of nitrogens with one attached hydrogen (secondary N) is 2. The van der Waals surface area contributed by atoms with E-state index in [2.05, 4.69) is 68.0 Å². The Kier molecular flexibility index (Phi) is 6.21. The third-order valence-electron chi connectivity index (χ3n) is 5.39. The molecule has 0 atom stereocenters. The van der Waals surface area contributed by atoms with E-state index in [4.69, 9.17) is 0 Å². The number of piperidine rings is 1. The van der Waals surface area contributed by atoms with Crippen LogP contribution in [0.2, 0.25) is 0 Å². The maximum absolute atomic E-state index is 4.64. The molecule has 1 saturated heterocycles. The van der Waals surface area contributed by atoms with Gasteiger partial charge in [-0.1, -0.05) is 18.4 Å². The minimum absolute atomic E-state index is 0.677. The highest BCUT2D eigenvalue weighted by molar-refractivity contribution is 5.76. The molecule has 0 aliphatic carbocycles. The van der Waals surface area contributed by atoms with Crippen molar-refractivity contribution in [2.45, 2.75) is 19.3 Å². The third-order valence-corrected chi connectivity index (χ3v) is 5.39. The summed E-state index contributed by atoms with van der Waals surface area (Å²) in [5.74, 6) is 6.96. The van der Waals surface area contributed by atoms with Crippen LogP contribution in [0, 0.1) is 17.8 Å². The Morgan fingerprint density at radius 1 is 1.23 bits per heavy atom. The van der Waals surface area contributed by atoms with Crippen molar-refractivity contribution in [3.63, 3.8) is 0 Å². The number of anilines is 1. The van der Waals surface area contributed by atoms with Crippen LogP contribution < -0.4 is 5.32 Å². The third kappa shape index (κ3) is 5.13. The molecule has 3 aromatic heterocycles. The molecular formula is C24H26N6. The molecule has 0 unspecified atom stereocenters. The Labute approximate surface area is 177 Å². The first-order chi connectivity index (χ1) is 14.7. The van der Waals surface area contributed by atoms with E-state index in [1.807, 2.05) is 18.3 Å². The van der Waals surface area contributed by atoms with Crippen LogP contribution in [0.25, 0.3) is 5.70 Å². The molecule has 1 aliphatic rings. The van der Waals surface area contributed by atoms with E-state index in [0.717, 1.165) is 34.8 Å². The van der Waals surface area contributed by atoms with E-state index in [9.17, 15) is 0 Å². The fourth-order valence-corrected chi connectivity index (χ4v) is 3.61. The van der Waals surface area contributed by atoms with Gasteiger partial charge in [0.25, 0.3) is 0 Å². The zero-order valence-corrected chi connectivity index (χ0v) is 17.2. The van der Waals surface area contributed by atoms with Crippen molar-refractivity contribution in [3.05, 3.63) is 78.1 Å². The van der Waals surface area contributed by atoms with Crippen molar-refractivity contribution in [3.8, 4) is 11.8 Å². The molecule has 2 N–H and O–H groups in total. The normalized spacial score (nSPS) is 14.7. The Hall–Kier alpha value is -3.43. The van der Waals surface area contributed by atoms with Crippen molar-refractivity contribution in [1.29, 1.82) is 0 Å². The van der Waals surface area contributed by atoms with E-state index >= 15 is 0 Å². The van der Waals surface area contributed by atoms with Crippen LogP contribution in [0.1, 0.15) is 35.4 Å². The van der Waals surface area contributed by atoms with Crippen LogP contribution >= 0.6 is 0 Å². The molecule has 6 heteroatoms. The van der Waals surface area contributed by atoms with E-state index in [-0.39, 0.29) is 0 Å². The summed E-state index contributed by atoms with van der Waals surface area (Å²) in [6.07, 6.45) is 10.6. The molecule has 0 radical (unpaired) electrons. The fourth-order valence-electron chi connectivity index (χ4n) is 3.61. The van der Waals surface area contributed by atoms with Crippen LogP contribution in [-0.4, -0.2) is 45.2 Å². The summed E-state index contributed by atoms with van der Waals surface area (Å²) < 4.78 is 0. The monoisotopic (exact) mass is 398 g/mol. The Balaban J connectivity index is 1.38. The number of H-pyrrole nitrogens is 1. The SMILES string of the molecule is C=C(Nc1ccc(CC2CCN(C)CC2)nc1)c1n[nH]cc1C#Cc1cccnc1. The van der Waals surface area contributed by atoms with Crippen LogP contribution in [-0.2, 0) is 6.42 Å². The number of aromatic nitrogens is 4. The second-order valence-corrected chi connectivity index (χ2v) is 7.73. The van der Waals surface area contributed by atoms with E-state index in [1.54, 1.807) is 18.6 Å². The summed E-state index contributed by atoms with van der Waals surface area (Å²) >= 11 is 0. The summed E-state index contributed by atoms with van der Waals surface area (Å²) in [5.41, 5.74) is 5.04. The van der Waals surface area contributed by atoms with Crippen LogP contribution in [0.15, 0.2) is 55.6 Å². The Bertz CT molecular complexity index is 1030. The number of rotatable bonds is 5. The molecule has 0 aromatic carbocycles. The molecular weight excluding hydrogens is 372 g/mol. The quantitative estimate of drug-likeness (QED) is 0.643. The molecule has 1 fully saturated rings. The highest BCUT2D eigenvalue weighted by Crippen LogP contribution is 2.22. The average Bonchev–Trinajstić information content (AvgIpc) is 3.25. The predicted molar refractivity (Wildman–Crippen MR) is 120 cm³/mol. The number of nitrogens with zero attached hydrogens (tertiary/aromatic N) is 4. The van der Waals surface area contributed by atoms with Crippen LogP contribution in [0.5, 0.6) is 0 Å². The second-order valence-electron chi connectivity index (χ2n) is 7.73. The first-order valence-electron chi connectivity index (χ1n) is 10.2. The van der Waals surface area contributed by atoms with Gasteiger partial charge in [-0.05, 0) is 69.6 Å².